The van der Waals surface area contributed by atoms with Gasteiger partial charge in [-0.1, -0.05) is 30.3 Å². The first-order valence-electron chi connectivity index (χ1n) is 6.40. The van der Waals surface area contributed by atoms with Gasteiger partial charge in [0.1, 0.15) is 0 Å². The lowest BCUT2D eigenvalue weighted by Gasteiger charge is -2.30. The van der Waals surface area contributed by atoms with Crippen molar-refractivity contribution in [2.24, 2.45) is 5.73 Å². The third kappa shape index (κ3) is 4.13. The second kappa shape index (κ2) is 6.52. The largest absolute Gasteiger partial charge is 0.373 e. The second-order valence-electron chi connectivity index (χ2n) is 4.74. The number of hydrogen-bond acceptors (Lipinski definition) is 3. The summed E-state index contributed by atoms with van der Waals surface area (Å²) in [5, 5.41) is 0. The van der Waals surface area contributed by atoms with Gasteiger partial charge in [-0.3, -0.25) is 9.69 Å². The molecule has 4 heteroatoms. The van der Waals surface area contributed by atoms with Crippen LogP contribution in [0.5, 0.6) is 0 Å². The predicted molar refractivity (Wildman–Crippen MR) is 69.9 cm³/mol. The van der Waals surface area contributed by atoms with Gasteiger partial charge in [-0.25, -0.2) is 0 Å². The smallest absolute Gasteiger partial charge is 0.231 e. The van der Waals surface area contributed by atoms with Gasteiger partial charge in [-0.2, -0.15) is 0 Å². The number of ether oxygens (including phenoxy) is 1. The van der Waals surface area contributed by atoms with Gasteiger partial charge >= 0.3 is 0 Å². The number of benzene rings is 1. The van der Waals surface area contributed by atoms with Crippen molar-refractivity contribution in [1.29, 1.82) is 0 Å². The van der Waals surface area contributed by atoms with E-state index in [-0.39, 0.29) is 5.91 Å². The van der Waals surface area contributed by atoms with Crippen molar-refractivity contribution in [1.82, 2.24) is 4.90 Å². The Labute approximate surface area is 108 Å². The first-order valence-corrected chi connectivity index (χ1v) is 6.40. The number of amides is 1. The zero-order chi connectivity index (χ0) is 12.8. The fourth-order valence-corrected chi connectivity index (χ4v) is 2.24. The van der Waals surface area contributed by atoms with Gasteiger partial charge in [-0.05, 0) is 18.4 Å². The van der Waals surface area contributed by atoms with Crippen molar-refractivity contribution < 1.29 is 9.53 Å². The number of primary amides is 1. The Kier molecular flexibility index (Phi) is 4.73. The van der Waals surface area contributed by atoms with Crippen LogP contribution in [-0.2, 0) is 16.1 Å². The Balaban J connectivity index is 1.69. The van der Waals surface area contributed by atoms with Crippen LogP contribution in [0.1, 0.15) is 18.4 Å². The standard InChI is InChI=1S/C14H20N2O2/c15-14(17)10-16-8-6-13(7-9-16)18-11-12-4-2-1-3-5-12/h1-5,13H,6-11H2,(H2,15,17). The summed E-state index contributed by atoms with van der Waals surface area (Å²) in [4.78, 5) is 12.9. The van der Waals surface area contributed by atoms with Gasteiger partial charge in [0.2, 0.25) is 5.91 Å². The third-order valence-electron chi connectivity index (χ3n) is 3.24. The molecule has 18 heavy (non-hydrogen) atoms. The number of nitrogens with zero attached hydrogens (tertiary/aromatic N) is 1. The van der Waals surface area contributed by atoms with Crippen molar-refractivity contribution in [2.75, 3.05) is 19.6 Å². The number of carbonyl (C=O) groups is 1. The van der Waals surface area contributed by atoms with Gasteiger partial charge in [0.05, 0.1) is 19.3 Å². The molecule has 0 radical (unpaired) electrons. The predicted octanol–water partition coefficient (Wildman–Crippen LogP) is 1.15. The van der Waals surface area contributed by atoms with Gasteiger partial charge in [0, 0.05) is 13.1 Å². The molecule has 1 aromatic carbocycles. The summed E-state index contributed by atoms with van der Waals surface area (Å²) in [6.07, 6.45) is 2.24. The molecule has 1 heterocycles. The van der Waals surface area contributed by atoms with Crippen molar-refractivity contribution in [3.05, 3.63) is 35.9 Å². The highest BCUT2D eigenvalue weighted by atomic mass is 16.5. The minimum absolute atomic E-state index is 0.251. The van der Waals surface area contributed by atoms with Gasteiger partial charge in [0.15, 0.2) is 0 Å². The maximum Gasteiger partial charge on any atom is 0.231 e. The summed E-state index contributed by atoms with van der Waals surface area (Å²) in [6.45, 7) is 2.82. The maximum atomic E-state index is 10.8. The molecule has 0 aliphatic carbocycles. The van der Waals surface area contributed by atoms with Crippen LogP contribution in [0.2, 0.25) is 0 Å². The average Bonchev–Trinajstić information content (AvgIpc) is 2.38. The van der Waals surface area contributed by atoms with E-state index in [2.05, 4.69) is 17.0 Å². The van der Waals surface area contributed by atoms with Crippen LogP contribution in [0.4, 0.5) is 0 Å². The van der Waals surface area contributed by atoms with Gasteiger partial charge in [0.25, 0.3) is 0 Å². The lowest BCUT2D eigenvalue weighted by molar-refractivity contribution is -0.119. The first-order chi connectivity index (χ1) is 8.74. The molecule has 0 atom stereocenters. The van der Waals surface area contributed by atoms with E-state index in [0.717, 1.165) is 25.9 Å². The fraction of sp³-hybridized carbons (Fsp3) is 0.500. The van der Waals surface area contributed by atoms with Gasteiger partial charge < -0.3 is 10.5 Å². The van der Waals surface area contributed by atoms with Crippen LogP contribution in [0, 0.1) is 0 Å². The monoisotopic (exact) mass is 248 g/mol. The normalized spacial score (nSPS) is 17.8. The van der Waals surface area contributed by atoms with E-state index < -0.39 is 0 Å². The van der Waals surface area contributed by atoms with Gasteiger partial charge in [-0.15, -0.1) is 0 Å². The Morgan fingerprint density at radius 2 is 1.94 bits per heavy atom. The van der Waals surface area contributed by atoms with Crippen LogP contribution in [0.3, 0.4) is 0 Å². The molecule has 0 spiro atoms. The average molecular weight is 248 g/mol. The topological polar surface area (TPSA) is 55.6 Å². The Morgan fingerprint density at radius 1 is 1.28 bits per heavy atom. The summed E-state index contributed by atoms with van der Waals surface area (Å²) in [5.74, 6) is -0.251. The minimum atomic E-state index is -0.251. The van der Waals surface area contributed by atoms with Crippen LogP contribution in [-0.4, -0.2) is 36.5 Å². The zero-order valence-corrected chi connectivity index (χ0v) is 10.5. The molecule has 1 fully saturated rings. The summed E-state index contributed by atoms with van der Waals surface area (Å²) in [7, 11) is 0. The zero-order valence-electron chi connectivity index (χ0n) is 10.5. The molecule has 2 rings (SSSR count). The quantitative estimate of drug-likeness (QED) is 0.850. The van der Waals surface area contributed by atoms with Crippen molar-refractivity contribution in [2.45, 2.75) is 25.6 Å². The van der Waals surface area contributed by atoms with E-state index in [0.29, 0.717) is 19.3 Å². The highest BCUT2D eigenvalue weighted by molar-refractivity contribution is 5.75. The van der Waals surface area contributed by atoms with Crippen LogP contribution < -0.4 is 5.73 Å². The Hall–Kier alpha value is -1.39. The molecule has 2 N–H and O–H groups in total. The van der Waals surface area contributed by atoms with Crippen LogP contribution in [0.25, 0.3) is 0 Å². The molecule has 0 aromatic heterocycles. The summed E-state index contributed by atoms with van der Waals surface area (Å²) in [5.41, 5.74) is 6.39. The number of piperidine rings is 1. The first kappa shape index (κ1) is 13.1. The molecule has 98 valence electrons. The van der Waals surface area contributed by atoms with E-state index in [1.54, 1.807) is 0 Å². The molecule has 1 aliphatic heterocycles. The summed E-state index contributed by atoms with van der Waals surface area (Å²) >= 11 is 0. The summed E-state index contributed by atoms with van der Waals surface area (Å²) in [6, 6.07) is 10.2. The number of rotatable bonds is 5. The number of nitrogens with two attached hydrogens (primary N) is 1. The van der Waals surface area contributed by atoms with Crippen LogP contribution in [0.15, 0.2) is 30.3 Å². The molecule has 1 aromatic rings. The highest BCUT2D eigenvalue weighted by Gasteiger charge is 2.20. The number of likely N-dealkylation sites (tertiary alicyclic amines) is 1. The second-order valence-corrected chi connectivity index (χ2v) is 4.74. The van der Waals surface area contributed by atoms with Crippen LogP contribution >= 0.6 is 0 Å². The van der Waals surface area contributed by atoms with Crippen molar-refractivity contribution in [3.8, 4) is 0 Å². The maximum absolute atomic E-state index is 10.8. The molecular formula is C14H20N2O2. The molecule has 1 aliphatic rings. The molecular weight excluding hydrogens is 228 g/mol. The lowest BCUT2D eigenvalue weighted by Crippen LogP contribution is -2.41. The minimum Gasteiger partial charge on any atom is -0.373 e. The van der Waals surface area contributed by atoms with E-state index in [1.807, 2.05) is 18.2 Å². The molecule has 1 saturated heterocycles. The van der Waals surface area contributed by atoms with E-state index in [4.69, 9.17) is 10.5 Å². The molecule has 0 bridgehead atoms. The molecule has 4 nitrogen and oxygen atoms in total. The highest BCUT2D eigenvalue weighted by Crippen LogP contribution is 2.15. The Morgan fingerprint density at radius 3 is 2.56 bits per heavy atom. The number of carbonyl (C=O) groups excluding carboxylic acids is 1. The fourth-order valence-electron chi connectivity index (χ4n) is 2.24. The van der Waals surface area contributed by atoms with E-state index in [9.17, 15) is 4.79 Å². The van der Waals surface area contributed by atoms with Crippen molar-refractivity contribution in [3.63, 3.8) is 0 Å². The van der Waals surface area contributed by atoms with Crippen molar-refractivity contribution >= 4 is 5.91 Å². The van der Waals surface area contributed by atoms with E-state index in [1.165, 1.54) is 5.56 Å². The molecule has 0 saturated carbocycles. The lowest BCUT2D eigenvalue weighted by atomic mass is 10.1. The Bertz CT molecular complexity index is 373. The SMILES string of the molecule is NC(=O)CN1CCC(OCc2ccccc2)CC1. The number of hydrogen-bond donors (Lipinski definition) is 1. The molecule has 1 amide bonds. The van der Waals surface area contributed by atoms with E-state index >= 15 is 0 Å². The molecule has 0 unspecified atom stereocenters. The summed E-state index contributed by atoms with van der Waals surface area (Å²) < 4.78 is 5.88. The third-order valence-corrected chi connectivity index (χ3v) is 3.24.